The molecule has 1 N–H and O–H groups in total. The second-order valence-corrected chi connectivity index (χ2v) is 13.9. The lowest BCUT2D eigenvalue weighted by Gasteiger charge is -2.34. The van der Waals surface area contributed by atoms with Gasteiger partial charge in [0.15, 0.2) is 0 Å². The molecule has 4 aromatic carbocycles. The summed E-state index contributed by atoms with van der Waals surface area (Å²) in [6.45, 7) is 5.93. The molecule has 4 aromatic rings. The minimum Gasteiger partial charge on any atom is -0.354 e. The number of rotatable bonds is 14. The molecule has 0 spiro atoms. The maximum Gasteiger partial charge on any atom is 0.264 e. The van der Waals surface area contributed by atoms with Crippen LogP contribution in [-0.4, -0.2) is 44.3 Å². The SMILES string of the molecule is CCCCNC(=O)C(Cc1ccccc1)N(Cc1cccc(Br)c1)C(=O)CN(c1ccc(C)cc1C)S(=O)(=O)c1ccccc1. The monoisotopic (exact) mass is 689 g/mol. The molecule has 1 unspecified atom stereocenters. The molecule has 0 aromatic heterocycles. The smallest absolute Gasteiger partial charge is 0.264 e. The van der Waals surface area contributed by atoms with Gasteiger partial charge in [-0.15, -0.1) is 0 Å². The largest absolute Gasteiger partial charge is 0.354 e. The van der Waals surface area contributed by atoms with Gasteiger partial charge in [0.1, 0.15) is 12.6 Å². The number of amides is 2. The van der Waals surface area contributed by atoms with Gasteiger partial charge in [0.25, 0.3) is 10.0 Å². The number of hydrogen-bond acceptors (Lipinski definition) is 4. The van der Waals surface area contributed by atoms with Crippen LogP contribution in [0.2, 0.25) is 0 Å². The molecule has 4 rings (SSSR count). The topological polar surface area (TPSA) is 86.8 Å². The van der Waals surface area contributed by atoms with Gasteiger partial charge in [-0.25, -0.2) is 8.42 Å². The Balaban J connectivity index is 1.81. The predicted octanol–water partition coefficient (Wildman–Crippen LogP) is 6.82. The average molecular weight is 691 g/mol. The Morgan fingerprint density at radius 2 is 1.51 bits per heavy atom. The zero-order chi connectivity index (χ0) is 32.4. The quantitative estimate of drug-likeness (QED) is 0.147. The summed E-state index contributed by atoms with van der Waals surface area (Å²) in [7, 11) is -4.14. The van der Waals surface area contributed by atoms with Gasteiger partial charge in [0, 0.05) is 24.0 Å². The normalized spacial score (nSPS) is 11.9. The summed E-state index contributed by atoms with van der Waals surface area (Å²) in [6, 6.07) is 29.8. The highest BCUT2D eigenvalue weighted by Crippen LogP contribution is 2.28. The van der Waals surface area contributed by atoms with Gasteiger partial charge in [-0.3, -0.25) is 13.9 Å². The fraction of sp³-hybridized carbons (Fsp3) is 0.278. The summed E-state index contributed by atoms with van der Waals surface area (Å²) in [5.74, 6) is -0.763. The number of hydrogen-bond donors (Lipinski definition) is 1. The molecule has 0 aliphatic rings. The Labute approximate surface area is 275 Å². The molecule has 0 radical (unpaired) electrons. The van der Waals surface area contributed by atoms with Crippen molar-refractivity contribution in [2.45, 2.75) is 57.5 Å². The third-order valence-corrected chi connectivity index (χ3v) is 9.84. The highest BCUT2D eigenvalue weighted by Gasteiger charge is 2.35. The Bertz CT molecular complexity index is 1700. The number of nitrogens with zero attached hydrogens (tertiary/aromatic N) is 2. The minimum atomic E-state index is -4.14. The lowest BCUT2D eigenvalue weighted by molar-refractivity contribution is -0.140. The van der Waals surface area contributed by atoms with Crippen LogP contribution in [0.3, 0.4) is 0 Å². The van der Waals surface area contributed by atoms with Gasteiger partial charge in [-0.05, 0) is 67.3 Å². The van der Waals surface area contributed by atoms with Crippen molar-refractivity contribution in [3.05, 3.63) is 130 Å². The van der Waals surface area contributed by atoms with Crippen LogP contribution in [0.4, 0.5) is 5.69 Å². The highest BCUT2D eigenvalue weighted by atomic mass is 79.9. The van der Waals surface area contributed by atoms with E-state index in [1.54, 1.807) is 24.3 Å². The van der Waals surface area contributed by atoms with Crippen LogP contribution in [0.25, 0.3) is 0 Å². The molecule has 0 aliphatic carbocycles. The first-order valence-corrected chi connectivity index (χ1v) is 17.3. The molecule has 0 fully saturated rings. The summed E-state index contributed by atoms with van der Waals surface area (Å²) in [6.07, 6.45) is 1.99. The van der Waals surface area contributed by atoms with Crippen molar-refractivity contribution in [2.75, 3.05) is 17.4 Å². The Kier molecular flexibility index (Phi) is 12.0. The van der Waals surface area contributed by atoms with Crippen molar-refractivity contribution in [3.8, 4) is 0 Å². The maximum atomic E-state index is 14.6. The highest BCUT2D eigenvalue weighted by molar-refractivity contribution is 9.10. The van der Waals surface area contributed by atoms with E-state index in [1.807, 2.05) is 87.5 Å². The molecule has 0 saturated heterocycles. The van der Waals surface area contributed by atoms with E-state index in [1.165, 1.54) is 21.3 Å². The van der Waals surface area contributed by atoms with Crippen LogP contribution in [0.15, 0.2) is 112 Å². The van der Waals surface area contributed by atoms with E-state index in [2.05, 4.69) is 21.2 Å². The standard InChI is InChI=1S/C36H40BrN3O4S/c1-4-5-21-38-36(42)34(24-29-13-8-6-9-14-29)39(25-30-15-12-16-31(37)23-30)35(41)26-40(33-20-19-27(2)22-28(33)3)45(43,44)32-17-10-7-11-18-32/h6-20,22-23,34H,4-5,21,24-26H2,1-3H3,(H,38,42). The van der Waals surface area contributed by atoms with Crippen LogP contribution >= 0.6 is 15.9 Å². The summed E-state index contributed by atoms with van der Waals surface area (Å²) < 4.78 is 30.3. The first-order valence-electron chi connectivity index (χ1n) is 15.1. The average Bonchev–Trinajstić information content (AvgIpc) is 3.03. The zero-order valence-electron chi connectivity index (χ0n) is 25.9. The van der Waals surface area contributed by atoms with Crippen molar-refractivity contribution in [1.82, 2.24) is 10.2 Å². The number of carbonyl (C=O) groups is 2. The van der Waals surface area contributed by atoms with Gasteiger partial charge in [0.2, 0.25) is 11.8 Å². The van der Waals surface area contributed by atoms with Crippen LogP contribution in [0.5, 0.6) is 0 Å². The number of carbonyl (C=O) groups excluding carboxylic acids is 2. The van der Waals surface area contributed by atoms with Gasteiger partial charge in [-0.2, -0.15) is 0 Å². The second-order valence-electron chi connectivity index (χ2n) is 11.1. The van der Waals surface area contributed by atoms with Crippen molar-refractivity contribution >= 4 is 43.5 Å². The summed E-state index contributed by atoms with van der Waals surface area (Å²) >= 11 is 3.52. The Morgan fingerprint density at radius 1 is 0.844 bits per heavy atom. The molecule has 2 amide bonds. The third kappa shape index (κ3) is 9.05. The summed E-state index contributed by atoms with van der Waals surface area (Å²) in [5, 5.41) is 3.02. The molecule has 9 heteroatoms. The fourth-order valence-corrected chi connectivity index (χ4v) is 7.16. The summed E-state index contributed by atoms with van der Waals surface area (Å²) in [4.78, 5) is 30.0. The number of nitrogens with one attached hydrogen (secondary N) is 1. The van der Waals surface area contributed by atoms with E-state index in [-0.39, 0.29) is 23.8 Å². The van der Waals surface area contributed by atoms with Crippen LogP contribution in [0.1, 0.15) is 42.0 Å². The van der Waals surface area contributed by atoms with Crippen molar-refractivity contribution < 1.29 is 18.0 Å². The van der Waals surface area contributed by atoms with Gasteiger partial charge in [-0.1, -0.05) is 108 Å². The second kappa shape index (κ2) is 15.9. The molecule has 7 nitrogen and oxygen atoms in total. The molecule has 0 bridgehead atoms. The third-order valence-electron chi connectivity index (χ3n) is 7.57. The predicted molar refractivity (Wildman–Crippen MR) is 183 cm³/mol. The summed E-state index contributed by atoms with van der Waals surface area (Å²) in [5.41, 5.74) is 3.80. The van der Waals surface area contributed by atoms with Gasteiger partial charge < -0.3 is 10.2 Å². The molecule has 0 heterocycles. The lowest BCUT2D eigenvalue weighted by Crippen LogP contribution is -2.53. The van der Waals surface area contributed by atoms with E-state index >= 15 is 0 Å². The number of unbranched alkanes of at least 4 members (excludes halogenated alkanes) is 1. The number of aryl methyl sites for hydroxylation is 2. The van der Waals surface area contributed by atoms with Crippen molar-refractivity contribution in [2.24, 2.45) is 0 Å². The molecule has 236 valence electrons. The van der Waals surface area contributed by atoms with Gasteiger partial charge >= 0.3 is 0 Å². The number of anilines is 1. The first-order chi connectivity index (χ1) is 21.6. The number of benzene rings is 4. The van der Waals surface area contributed by atoms with E-state index in [0.29, 0.717) is 12.2 Å². The number of halogens is 1. The van der Waals surface area contributed by atoms with Crippen molar-refractivity contribution in [3.63, 3.8) is 0 Å². The van der Waals surface area contributed by atoms with E-state index in [0.717, 1.165) is 39.6 Å². The lowest BCUT2D eigenvalue weighted by atomic mass is 10.0. The molecule has 1 atom stereocenters. The Morgan fingerprint density at radius 3 is 2.16 bits per heavy atom. The number of sulfonamides is 1. The van der Waals surface area contributed by atoms with E-state index in [4.69, 9.17) is 0 Å². The van der Waals surface area contributed by atoms with E-state index in [9.17, 15) is 18.0 Å². The molecular formula is C36H40BrN3O4S. The Hall–Kier alpha value is -3.95. The van der Waals surface area contributed by atoms with Crippen molar-refractivity contribution in [1.29, 1.82) is 0 Å². The van der Waals surface area contributed by atoms with Gasteiger partial charge in [0.05, 0.1) is 10.6 Å². The van der Waals surface area contributed by atoms with Crippen LogP contribution in [-0.2, 0) is 32.6 Å². The first kappa shape index (κ1) is 33.9. The van der Waals surface area contributed by atoms with Crippen LogP contribution < -0.4 is 9.62 Å². The van der Waals surface area contributed by atoms with Crippen LogP contribution in [0, 0.1) is 13.8 Å². The fourth-order valence-electron chi connectivity index (χ4n) is 5.21. The minimum absolute atomic E-state index is 0.0782. The molecule has 0 saturated carbocycles. The molecule has 0 aliphatic heterocycles. The molecule has 45 heavy (non-hydrogen) atoms. The maximum absolute atomic E-state index is 14.6. The van der Waals surface area contributed by atoms with E-state index < -0.39 is 28.5 Å². The zero-order valence-corrected chi connectivity index (χ0v) is 28.4. The molecular weight excluding hydrogens is 650 g/mol.